The number of halogens is 1. The fourth-order valence-electron chi connectivity index (χ4n) is 2.37. The number of amides is 3. The summed E-state index contributed by atoms with van der Waals surface area (Å²) in [7, 11) is 1.67. The fraction of sp³-hybridized carbons (Fsp3) is 0.389. The van der Waals surface area contributed by atoms with Crippen molar-refractivity contribution in [1.29, 1.82) is 0 Å². The SMILES string of the molecule is Cc1noc(C)c1CN(C)C(=O)Nc1ccc(C(=O)NC(C)C)c(Cl)c1. The Morgan fingerprint density at radius 3 is 2.54 bits per heavy atom. The maximum Gasteiger partial charge on any atom is 0.321 e. The lowest BCUT2D eigenvalue weighted by atomic mass is 10.1. The molecule has 0 saturated carbocycles. The predicted molar refractivity (Wildman–Crippen MR) is 101 cm³/mol. The second kappa shape index (κ2) is 8.23. The van der Waals surface area contributed by atoms with E-state index in [1.165, 1.54) is 4.90 Å². The number of aromatic nitrogens is 1. The average Bonchev–Trinajstić information content (AvgIpc) is 2.86. The Bertz CT molecular complexity index is 797. The molecule has 1 heterocycles. The number of aryl methyl sites for hydroxylation is 2. The van der Waals surface area contributed by atoms with Gasteiger partial charge >= 0.3 is 6.03 Å². The van der Waals surface area contributed by atoms with Gasteiger partial charge < -0.3 is 20.1 Å². The Morgan fingerprint density at radius 2 is 2.00 bits per heavy atom. The van der Waals surface area contributed by atoms with Gasteiger partial charge in [0, 0.05) is 24.3 Å². The van der Waals surface area contributed by atoms with Gasteiger partial charge in [-0.05, 0) is 45.9 Å². The smallest absolute Gasteiger partial charge is 0.321 e. The van der Waals surface area contributed by atoms with Gasteiger partial charge in [-0.2, -0.15) is 0 Å². The van der Waals surface area contributed by atoms with Crippen LogP contribution in [-0.4, -0.2) is 35.1 Å². The standard InChI is InChI=1S/C18H23ClN4O3/c1-10(2)20-17(24)14-7-6-13(8-16(14)19)21-18(25)23(5)9-15-11(3)22-26-12(15)4/h6-8,10H,9H2,1-5H3,(H,20,24)(H,21,25). The highest BCUT2D eigenvalue weighted by Crippen LogP contribution is 2.22. The molecule has 2 rings (SSSR count). The second-order valence-electron chi connectivity index (χ2n) is 6.41. The van der Waals surface area contributed by atoms with Crippen LogP contribution in [0.2, 0.25) is 5.02 Å². The summed E-state index contributed by atoms with van der Waals surface area (Å²) in [4.78, 5) is 25.9. The number of hydrogen-bond acceptors (Lipinski definition) is 4. The van der Waals surface area contributed by atoms with Crippen LogP contribution in [0.4, 0.5) is 10.5 Å². The van der Waals surface area contributed by atoms with E-state index in [1.54, 1.807) is 25.2 Å². The van der Waals surface area contributed by atoms with Crippen LogP contribution < -0.4 is 10.6 Å². The summed E-state index contributed by atoms with van der Waals surface area (Å²) >= 11 is 6.18. The van der Waals surface area contributed by atoms with Crippen molar-refractivity contribution in [2.45, 2.75) is 40.3 Å². The first-order valence-electron chi connectivity index (χ1n) is 8.23. The summed E-state index contributed by atoms with van der Waals surface area (Å²) in [5, 5.41) is 9.70. The maximum absolute atomic E-state index is 12.4. The van der Waals surface area contributed by atoms with Gasteiger partial charge in [0.15, 0.2) is 0 Å². The Morgan fingerprint density at radius 1 is 1.31 bits per heavy atom. The third-order valence-electron chi connectivity index (χ3n) is 3.81. The molecule has 7 nitrogen and oxygen atoms in total. The van der Waals surface area contributed by atoms with E-state index in [9.17, 15) is 9.59 Å². The number of hydrogen-bond donors (Lipinski definition) is 2. The first-order valence-corrected chi connectivity index (χ1v) is 8.61. The van der Waals surface area contributed by atoms with E-state index >= 15 is 0 Å². The molecule has 1 aromatic heterocycles. The molecule has 0 fully saturated rings. The van der Waals surface area contributed by atoms with E-state index in [0.717, 1.165) is 11.3 Å². The summed E-state index contributed by atoms with van der Waals surface area (Å²) in [6, 6.07) is 4.49. The molecule has 0 aliphatic heterocycles. The van der Waals surface area contributed by atoms with E-state index in [0.29, 0.717) is 23.6 Å². The van der Waals surface area contributed by atoms with Crippen LogP contribution in [0.15, 0.2) is 22.7 Å². The van der Waals surface area contributed by atoms with Crippen molar-refractivity contribution < 1.29 is 14.1 Å². The molecule has 0 spiro atoms. The van der Waals surface area contributed by atoms with Gasteiger partial charge in [-0.15, -0.1) is 0 Å². The van der Waals surface area contributed by atoms with Crippen LogP contribution in [-0.2, 0) is 6.54 Å². The molecule has 0 aliphatic rings. The van der Waals surface area contributed by atoms with Gasteiger partial charge in [-0.3, -0.25) is 4.79 Å². The molecule has 0 saturated heterocycles. The third kappa shape index (κ3) is 4.76. The number of nitrogens with one attached hydrogen (secondary N) is 2. The Hall–Kier alpha value is -2.54. The Labute approximate surface area is 157 Å². The first-order chi connectivity index (χ1) is 12.2. The quantitative estimate of drug-likeness (QED) is 0.829. The zero-order chi connectivity index (χ0) is 19.4. The van der Waals surface area contributed by atoms with Crippen molar-refractivity contribution in [2.24, 2.45) is 0 Å². The monoisotopic (exact) mass is 378 g/mol. The van der Waals surface area contributed by atoms with Crippen LogP contribution >= 0.6 is 11.6 Å². The van der Waals surface area contributed by atoms with Gasteiger partial charge in [-0.1, -0.05) is 16.8 Å². The zero-order valence-electron chi connectivity index (χ0n) is 15.5. The number of carbonyl (C=O) groups is 2. The minimum atomic E-state index is -0.305. The van der Waals surface area contributed by atoms with E-state index in [1.807, 2.05) is 27.7 Å². The number of urea groups is 1. The molecule has 0 unspecified atom stereocenters. The second-order valence-corrected chi connectivity index (χ2v) is 6.82. The minimum absolute atomic E-state index is 0.0101. The normalized spacial score (nSPS) is 10.7. The average molecular weight is 379 g/mol. The van der Waals surface area contributed by atoms with Crippen LogP contribution in [0.5, 0.6) is 0 Å². The topological polar surface area (TPSA) is 87.5 Å². The third-order valence-corrected chi connectivity index (χ3v) is 4.12. The number of benzene rings is 1. The molecule has 140 valence electrons. The first kappa shape index (κ1) is 19.8. The van der Waals surface area contributed by atoms with Crippen LogP contribution in [0.1, 0.15) is 41.2 Å². The molecule has 0 aliphatic carbocycles. The van der Waals surface area contributed by atoms with E-state index < -0.39 is 0 Å². The highest BCUT2D eigenvalue weighted by molar-refractivity contribution is 6.34. The van der Waals surface area contributed by atoms with E-state index in [2.05, 4.69) is 15.8 Å². The largest absolute Gasteiger partial charge is 0.361 e. The van der Waals surface area contributed by atoms with Crippen LogP contribution in [0.3, 0.4) is 0 Å². The van der Waals surface area contributed by atoms with Crippen molar-refractivity contribution in [3.63, 3.8) is 0 Å². The number of anilines is 1. The molecule has 26 heavy (non-hydrogen) atoms. The lowest BCUT2D eigenvalue weighted by molar-refractivity contribution is 0.0943. The number of nitrogens with zero attached hydrogens (tertiary/aromatic N) is 2. The maximum atomic E-state index is 12.4. The summed E-state index contributed by atoms with van der Waals surface area (Å²) in [5.41, 5.74) is 2.50. The van der Waals surface area contributed by atoms with Gasteiger partial charge in [0.1, 0.15) is 5.76 Å². The summed E-state index contributed by atoms with van der Waals surface area (Å²) in [5.74, 6) is 0.434. The molecule has 3 amide bonds. The number of carbonyl (C=O) groups excluding carboxylic acids is 2. The molecule has 2 aromatic rings. The predicted octanol–water partition coefficient (Wildman–Crippen LogP) is 3.75. The van der Waals surface area contributed by atoms with E-state index in [4.69, 9.17) is 16.1 Å². The van der Waals surface area contributed by atoms with Crippen molar-refractivity contribution in [3.8, 4) is 0 Å². The van der Waals surface area contributed by atoms with Crippen molar-refractivity contribution in [3.05, 3.63) is 45.8 Å². The molecule has 0 atom stereocenters. The molecular formula is C18H23ClN4O3. The van der Waals surface area contributed by atoms with Crippen molar-refractivity contribution in [2.75, 3.05) is 12.4 Å². The van der Waals surface area contributed by atoms with Crippen LogP contribution in [0.25, 0.3) is 0 Å². The summed E-state index contributed by atoms with van der Waals surface area (Å²) < 4.78 is 5.11. The fourth-order valence-corrected chi connectivity index (χ4v) is 2.64. The zero-order valence-corrected chi connectivity index (χ0v) is 16.3. The van der Waals surface area contributed by atoms with Gasteiger partial charge in [-0.25, -0.2) is 4.79 Å². The molecule has 2 N–H and O–H groups in total. The number of rotatable bonds is 5. The molecule has 1 aromatic carbocycles. The van der Waals surface area contributed by atoms with E-state index in [-0.39, 0.29) is 23.0 Å². The summed E-state index contributed by atoms with van der Waals surface area (Å²) in [6.45, 7) is 7.75. The Kier molecular flexibility index (Phi) is 6.26. The lowest BCUT2D eigenvalue weighted by Gasteiger charge is -2.18. The lowest BCUT2D eigenvalue weighted by Crippen LogP contribution is -2.31. The molecule has 8 heteroatoms. The highest BCUT2D eigenvalue weighted by atomic mass is 35.5. The highest BCUT2D eigenvalue weighted by Gasteiger charge is 2.17. The van der Waals surface area contributed by atoms with Gasteiger partial charge in [0.25, 0.3) is 5.91 Å². The molecular weight excluding hydrogens is 356 g/mol. The van der Waals surface area contributed by atoms with Gasteiger partial charge in [0.05, 0.1) is 22.8 Å². The van der Waals surface area contributed by atoms with Gasteiger partial charge in [0.2, 0.25) is 0 Å². The Balaban J connectivity index is 2.04. The van der Waals surface area contributed by atoms with Crippen LogP contribution in [0, 0.1) is 13.8 Å². The summed E-state index contributed by atoms with van der Waals surface area (Å²) in [6.07, 6.45) is 0. The van der Waals surface area contributed by atoms with Crippen molar-refractivity contribution >= 4 is 29.2 Å². The molecule has 0 radical (unpaired) electrons. The molecule has 0 bridgehead atoms. The van der Waals surface area contributed by atoms with Crippen molar-refractivity contribution in [1.82, 2.24) is 15.4 Å². The minimum Gasteiger partial charge on any atom is -0.361 e.